The van der Waals surface area contributed by atoms with Gasteiger partial charge < -0.3 is 9.47 Å². The molecule has 6 heteroatoms. The van der Waals surface area contributed by atoms with Crippen LogP contribution in [-0.2, 0) is 20.8 Å². The molecule has 1 aromatic rings. The monoisotopic (exact) mass is 294 g/mol. The number of aromatic nitrogens is 1. The Hall–Kier alpha value is -1.95. The van der Waals surface area contributed by atoms with Gasteiger partial charge in [0.2, 0.25) is 0 Å². The second kappa shape index (κ2) is 8.36. The van der Waals surface area contributed by atoms with Crippen molar-refractivity contribution < 1.29 is 19.1 Å². The molecule has 0 N–H and O–H groups in total. The van der Waals surface area contributed by atoms with Crippen LogP contribution in [0.3, 0.4) is 0 Å². The Balaban J connectivity index is 2.63. The van der Waals surface area contributed by atoms with Crippen molar-refractivity contribution in [2.75, 3.05) is 27.3 Å². The molecule has 0 radical (unpaired) electrons. The lowest BCUT2D eigenvalue weighted by Crippen LogP contribution is -2.27. The lowest BCUT2D eigenvalue weighted by atomic mass is 10.2. The van der Waals surface area contributed by atoms with Crippen molar-refractivity contribution in [3.05, 3.63) is 29.6 Å². The van der Waals surface area contributed by atoms with Crippen LogP contribution in [-0.4, -0.2) is 49.1 Å². The average Bonchev–Trinajstić information content (AvgIpc) is 2.44. The van der Waals surface area contributed by atoms with E-state index in [1.807, 2.05) is 13.8 Å². The molecule has 0 saturated carbocycles. The van der Waals surface area contributed by atoms with Crippen LogP contribution in [0.4, 0.5) is 0 Å². The third-order valence-corrected chi connectivity index (χ3v) is 2.62. The van der Waals surface area contributed by atoms with Gasteiger partial charge in [0, 0.05) is 6.54 Å². The van der Waals surface area contributed by atoms with E-state index in [0.29, 0.717) is 18.8 Å². The van der Waals surface area contributed by atoms with Gasteiger partial charge in [0.05, 0.1) is 26.0 Å². The van der Waals surface area contributed by atoms with Gasteiger partial charge in [-0.15, -0.1) is 0 Å². The van der Waals surface area contributed by atoms with Crippen LogP contribution in [0.15, 0.2) is 18.2 Å². The standard InChI is InChI=1S/C15H22N2O4/c1-11(2)10-21-15(19)13-7-5-6-12(16-13)8-17(3)9-14(18)20-4/h5-7,11H,8-10H2,1-4H3. The molecule has 1 rings (SSSR count). The lowest BCUT2D eigenvalue weighted by Gasteiger charge is -2.14. The molecular weight excluding hydrogens is 272 g/mol. The number of rotatable bonds is 7. The van der Waals surface area contributed by atoms with Gasteiger partial charge in [-0.25, -0.2) is 9.78 Å². The van der Waals surface area contributed by atoms with E-state index in [0.717, 1.165) is 0 Å². The third-order valence-electron chi connectivity index (χ3n) is 2.62. The Morgan fingerprint density at radius 3 is 2.67 bits per heavy atom. The third kappa shape index (κ3) is 6.35. The number of pyridine rings is 1. The van der Waals surface area contributed by atoms with Crippen molar-refractivity contribution in [2.24, 2.45) is 5.92 Å². The maximum absolute atomic E-state index is 11.8. The molecule has 0 fully saturated rings. The van der Waals surface area contributed by atoms with Crippen LogP contribution >= 0.6 is 0 Å². The molecule has 0 amide bonds. The number of nitrogens with zero attached hydrogens (tertiary/aromatic N) is 2. The van der Waals surface area contributed by atoms with Crippen molar-refractivity contribution in [3.63, 3.8) is 0 Å². The molecule has 0 aliphatic heterocycles. The molecule has 116 valence electrons. The number of likely N-dealkylation sites (N-methyl/N-ethyl adjacent to an activating group) is 1. The van der Waals surface area contributed by atoms with E-state index in [1.54, 1.807) is 30.1 Å². The first-order chi connectivity index (χ1) is 9.92. The van der Waals surface area contributed by atoms with Gasteiger partial charge in [0.1, 0.15) is 5.69 Å². The Kier molecular flexibility index (Phi) is 6.81. The summed E-state index contributed by atoms with van der Waals surface area (Å²) in [7, 11) is 3.13. The zero-order valence-electron chi connectivity index (χ0n) is 13.0. The van der Waals surface area contributed by atoms with E-state index < -0.39 is 5.97 Å². The molecule has 6 nitrogen and oxygen atoms in total. The Bertz CT molecular complexity index is 488. The first-order valence-electron chi connectivity index (χ1n) is 6.80. The first-order valence-corrected chi connectivity index (χ1v) is 6.80. The minimum atomic E-state index is -0.429. The molecule has 0 bridgehead atoms. The molecule has 1 heterocycles. The maximum atomic E-state index is 11.8. The highest BCUT2D eigenvalue weighted by molar-refractivity contribution is 5.87. The summed E-state index contributed by atoms with van der Waals surface area (Å²) in [5.74, 6) is -0.463. The summed E-state index contributed by atoms with van der Waals surface area (Å²) in [6, 6.07) is 5.17. The molecular formula is C15H22N2O4. The highest BCUT2D eigenvalue weighted by Gasteiger charge is 2.12. The summed E-state index contributed by atoms with van der Waals surface area (Å²) >= 11 is 0. The van der Waals surface area contributed by atoms with Crippen LogP contribution in [0, 0.1) is 5.92 Å². The Morgan fingerprint density at radius 2 is 2.05 bits per heavy atom. The summed E-state index contributed by atoms with van der Waals surface area (Å²) in [6.07, 6.45) is 0. The molecule has 0 aliphatic carbocycles. The van der Waals surface area contributed by atoms with Crippen molar-refractivity contribution in [1.82, 2.24) is 9.88 Å². The topological polar surface area (TPSA) is 68.7 Å². The SMILES string of the molecule is COC(=O)CN(C)Cc1cccc(C(=O)OCC(C)C)n1. The number of carbonyl (C=O) groups excluding carboxylic acids is 2. The molecule has 21 heavy (non-hydrogen) atoms. The second-order valence-electron chi connectivity index (χ2n) is 5.25. The van der Waals surface area contributed by atoms with E-state index in [1.165, 1.54) is 7.11 Å². The quantitative estimate of drug-likeness (QED) is 0.710. The van der Waals surface area contributed by atoms with Gasteiger partial charge in [-0.2, -0.15) is 0 Å². The number of hydrogen-bond donors (Lipinski definition) is 0. The second-order valence-corrected chi connectivity index (χ2v) is 5.25. The summed E-state index contributed by atoms with van der Waals surface area (Å²) in [4.78, 5) is 29.0. The van der Waals surface area contributed by atoms with Crippen LogP contribution in [0.5, 0.6) is 0 Å². The van der Waals surface area contributed by atoms with Gasteiger partial charge in [-0.1, -0.05) is 19.9 Å². The van der Waals surface area contributed by atoms with Gasteiger partial charge in [-0.3, -0.25) is 9.69 Å². The zero-order valence-corrected chi connectivity index (χ0v) is 13.0. The van der Waals surface area contributed by atoms with Crippen molar-refractivity contribution in [3.8, 4) is 0 Å². The van der Waals surface area contributed by atoms with Crippen LogP contribution in [0.1, 0.15) is 30.0 Å². The molecule has 0 aromatic carbocycles. The van der Waals surface area contributed by atoms with E-state index in [-0.39, 0.29) is 24.1 Å². The molecule has 0 atom stereocenters. The minimum absolute atomic E-state index is 0.167. The van der Waals surface area contributed by atoms with Crippen LogP contribution < -0.4 is 0 Å². The van der Waals surface area contributed by atoms with E-state index in [4.69, 9.17) is 4.74 Å². The molecule has 0 saturated heterocycles. The fourth-order valence-electron chi connectivity index (χ4n) is 1.62. The normalized spacial score (nSPS) is 10.8. The van der Waals surface area contributed by atoms with Gasteiger partial charge in [0.25, 0.3) is 0 Å². The Morgan fingerprint density at radius 1 is 1.33 bits per heavy atom. The number of methoxy groups -OCH3 is 1. The largest absolute Gasteiger partial charge is 0.468 e. The van der Waals surface area contributed by atoms with Crippen molar-refractivity contribution >= 4 is 11.9 Å². The fourth-order valence-corrected chi connectivity index (χ4v) is 1.62. The summed E-state index contributed by atoms with van der Waals surface area (Å²) in [6.45, 7) is 4.92. The van der Waals surface area contributed by atoms with Crippen LogP contribution in [0.25, 0.3) is 0 Å². The van der Waals surface area contributed by atoms with E-state index in [9.17, 15) is 9.59 Å². The molecule has 0 unspecified atom stereocenters. The van der Waals surface area contributed by atoms with Crippen LogP contribution in [0.2, 0.25) is 0 Å². The smallest absolute Gasteiger partial charge is 0.356 e. The predicted octanol–water partition coefficient (Wildman–Crippen LogP) is 1.50. The summed E-state index contributed by atoms with van der Waals surface area (Å²) in [5, 5.41) is 0. The van der Waals surface area contributed by atoms with Crippen molar-refractivity contribution in [2.45, 2.75) is 20.4 Å². The van der Waals surface area contributed by atoms with E-state index >= 15 is 0 Å². The van der Waals surface area contributed by atoms with Gasteiger partial charge in [0.15, 0.2) is 0 Å². The highest BCUT2D eigenvalue weighted by Crippen LogP contribution is 2.05. The summed E-state index contributed by atoms with van der Waals surface area (Å²) in [5.41, 5.74) is 0.972. The predicted molar refractivity (Wildman–Crippen MR) is 77.7 cm³/mol. The molecule has 1 aromatic heterocycles. The highest BCUT2D eigenvalue weighted by atomic mass is 16.5. The average molecular weight is 294 g/mol. The number of carbonyl (C=O) groups is 2. The number of hydrogen-bond acceptors (Lipinski definition) is 6. The molecule has 0 spiro atoms. The maximum Gasteiger partial charge on any atom is 0.356 e. The van der Waals surface area contributed by atoms with Crippen molar-refractivity contribution in [1.29, 1.82) is 0 Å². The molecule has 0 aliphatic rings. The van der Waals surface area contributed by atoms with E-state index in [2.05, 4.69) is 9.72 Å². The summed E-state index contributed by atoms with van der Waals surface area (Å²) < 4.78 is 9.74. The number of esters is 2. The Labute approximate surface area is 125 Å². The zero-order chi connectivity index (χ0) is 15.8. The first kappa shape index (κ1) is 17.1. The number of ether oxygens (including phenoxy) is 2. The lowest BCUT2D eigenvalue weighted by molar-refractivity contribution is -0.141. The van der Waals surface area contributed by atoms with Gasteiger partial charge in [-0.05, 0) is 25.1 Å². The fraction of sp³-hybridized carbons (Fsp3) is 0.533. The van der Waals surface area contributed by atoms with Gasteiger partial charge >= 0.3 is 11.9 Å². The minimum Gasteiger partial charge on any atom is -0.468 e.